The van der Waals surface area contributed by atoms with Crippen molar-refractivity contribution in [3.05, 3.63) is 65.5 Å². The summed E-state index contributed by atoms with van der Waals surface area (Å²) < 4.78 is 39.8. The van der Waals surface area contributed by atoms with Gasteiger partial charge in [-0.1, -0.05) is 19.1 Å². The molecule has 1 aliphatic rings. The molecule has 0 radical (unpaired) electrons. The molecule has 0 spiro atoms. The molecule has 1 amide bonds. The summed E-state index contributed by atoms with van der Waals surface area (Å²) in [4.78, 5) is 12.4. The summed E-state index contributed by atoms with van der Waals surface area (Å²) in [5.41, 5.74) is 1.16. The third-order valence-electron chi connectivity index (χ3n) is 4.86. The molecule has 1 fully saturated rings. The molecule has 1 heterocycles. The largest absolute Gasteiger partial charge is 0.348 e. The second-order valence-corrected chi connectivity index (χ2v) is 8.86. The molecule has 0 atom stereocenters. The lowest BCUT2D eigenvalue weighted by atomic mass is 10.0. The van der Waals surface area contributed by atoms with Crippen molar-refractivity contribution in [1.29, 1.82) is 0 Å². The topological polar surface area (TPSA) is 66.5 Å². The van der Waals surface area contributed by atoms with Gasteiger partial charge in [-0.15, -0.1) is 0 Å². The van der Waals surface area contributed by atoms with Crippen LogP contribution in [0.3, 0.4) is 0 Å². The Morgan fingerprint density at radius 1 is 1.07 bits per heavy atom. The Morgan fingerprint density at radius 3 is 2.26 bits per heavy atom. The molecule has 0 unspecified atom stereocenters. The van der Waals surface area contributed by atoms with Crippen molar-refractivity contribution < 1.29 is 17.6 Å². The molecule has 5 nitrogen and oxygen atoms in total. The Labute approximate surface area is 159 Å². The van der Waals surface area contributed by atoms with E-state index in [1.807, 2.05) is 0 Å². The van der Waals surface area contributed by atoms with Gasteiger partial charge < -0.3 is 5.32 Å². The van der Waals surface area contributed by atoms with E-state index in [-0.39, 0.29) is 23.2 Å². The van der Waals surface area contributed by atoms with Crippen molar-refractivity contribution in [1.82, 2.24) is 9.62 Å². The summed E-state index contributed by atoms with van der Waals surface area (Å²) in [5, 5.41) is 2.74. The van der Waals surface area contributed by atoms with Crippen LogP contribution >= 0.6 is 0 Å². The zero-order valence-corrected chi connectivity index (χ0v) is 16.0. The molecule has 1 saturated heterocycles. The summed E-state index contributed by atoms with van der Waals surface area (Å²) in [5.74, 6) is -0.0938. The average Bonchev–Trinajstić information content (AvgIpc) is 2.68. The van der Waals surface area contributed by atoms with Crippen molar-refractivity contribution in [2.24, 2.45) is 5.92 Å². The summed E-state index contributed by atoms with van der Waals surface area (Å²) in [6, 6.07) is 11.8. The third kappa shape index (κ3) is 4.73. The van der Waals surface area contributed by atoms with Gasteiger partial charge in [-0.25, -0.2) is 12.8 Å². The summed E-state index contributed by atoms with van der Waals surface area (Å²) >= 11 is 0. The van der Waals surface area contributed by atoms with Crippen LogP contribution in [0.2, 0.25) is 0 Å². The number of halogens is 1. The van der Waals surface area contributed by atoms with Gasteiger partial charge in [0, 0.05) is 25.2 Å². The average molecular weight is 390 g/mol. The fourth-order valence-electron chi connectivity index (χ4n) is 3.04. The Kier molecular flexibility index (Phi) is 5.92. The van der Waals surface area contributed by atoms with Crippen LogP contribution in [0.4, 0.5) is 4.39 Å². The monoisotopic (exact) mass is 390 g/mol. The molecular weight excluding hydrogens is 367 g/mol. The van der Waals surface area contributed by atoms with E-state index in [0.717, 1.165) is 18.4 Å². The smallest absolute Gasteiger partial charge is 0.251 e. The van der Waals surface area contributed by atoms with E-state index in [1.165, 1.54) is 40.7 Å². The van der Waals surface area contributed by atoms with Gasteiger partial charge in [-0.3, -0.25) is 4.79 Å². The number of benzene rings is 2. The van der Waals surface area contributed by atoms with E-state index >= 15 is 0 Å². The lowest BCUT2D eigenvalue weighted by molar-refractivity contribution is 0.0951. The van der Waals surface area contributed by atoms with Crippen LogP contribution in [0, 0.1) is 11.7 Å². The van der Waals surface area contributed by atoms with Crippen molar-refractivity contribution >= 4 is 15.9 Å². The molecule has 0 aromatic heterocycles. The highest BCUT2D eigenvalue weighted by molar-refractivity contribution is 7.89. The predicted octanol–water partition coefficient (Wildman–Crippen LogP) is 3.18. The molecule has 144 valence electrons. The van der Waals surface area contributed by atoms with Crippen LogP contribution in [0.1, 0.15) is 35.7 Å². The standard InChI is InChI=1S/C20H23FN2O3S/c1-15-10-12-23(13-11-15)27(25,26)19-8-4-17(5-9-19)20(24)22-14-16-2-6-18(21)7-3-16/h2-9,15H,10-14H2,1H3,(H,22,24). The minimum atomic E-state index is -3.52. The maximum absolute atomic E-state index is 12.9. The first-order valence-corrected chi connectivity index (χ1v) is 10.4. The first kappa shape index (κ1) is 19.5. The second-order valence-electron chi connectivity index (χ2n) is 6.92. The van der Waals surface area contributed by atoms with Crippen molar-refractivity contribution in [3.63, 3.8) is 0 Å². The highest BCUT2D eigenvalue weighted by atomic mass is 32.2. The van der Waals surface area contributed by atoms with Gasteiger partial charge in [0.25, 0.3) is 5.91 Å². The maximum atomic E-state index is 12.9. The van der Waals surface area contributed by atoms with Crippen LogP contribution in [-0.2, 0) is 16.6 Å². The fraction of sp³-hybridized carbons (Fsp3) is 0.350. The van der Waals surface area contributed by atoms with Crippen LogP contribution in [0.5, 0.6) is 0 Å². The summed E-state index contributed by atoms with van der Waals surface area (Å²) in [6.07, 6.45) is 1.73. The molecule has 2 aromatic carbocycles. The number of rotatable bonds is 5. The molecule has 0 saturated carbocycles. The number of hydrogen-bond donors (Lipinski definition) is 1. The Hall–Kier alpha value is -2.25. The van der Waals surface area contributed by atoms with Gasteiger partial charge in [0.2, 0.25) is 10.0 Å². The number of nitrogens with zero attached hydrogens (tertiary/aromatic N) is 1. The van der Waals surface area contributed by atoms with E-state index in [1.54, 1.807) is 12.1 Å². The number of sulfonamides is 1. The maximum Gasteiger partial charge on any atom is 0.251 e. The quantitative estimate of drug-likeness (QED) is 0.853. The third-order valence-corrected chi connectivity index (χ3v) is 6.78. The molecule has 7 heteroatoms. The zero-order valence-electron chi connectivity index (χ0n) is 15.2. The lowest BCUT2D eigenvalue weighted by Crippen LogP contribution is -2.37. The number of nitrogens with one attached hydrogen (secondary N) is 1. The van der Waals surface area contributed by atoms with Gasteiger partial charge in [0.1, 0.15) is 5.82 Å². The van der Waals surface area contributed by atoms with Crippen molar-refractivity contribution in [3.8, 4) is 0 Å². The highest BCUT2D eigenvalue weighted by Gasteiger charge is 2.28. The highest BCUT2D eigenvalue weighted by Crippen LogP contribution is 2.23. The molecule has 1 aliphatic heterocycles. The number of carbonyl (C=O) groups excluding carboxylic acids is 1. The number of piperidine rings is 1. The molecule has 1 N–H and O–H groups in total. The Morgan fingerprint density at radius 2 is 1.67 bits per heavy atom. The first-order chi connectivity index (χ1) is 12.9. The minimum absolute atomic E-state index is 0.201. The van der Waals surface area contributed by atoms with Crippen molar-refractivity contribution in [2.75, 3.05) is 13.1 Å². The Balaban J connectivity index is 1.63. The number of carbonyl (C=O) groups is 1. The number of amides is 1. The molecule has 27 heavy (non-hydrogen) atoms. The van der Waals surface area contributed by atoms with Crippen LogP contribution in [0.25, 0.3) is 0 Å². The van der Waals surface area contributed by atoms with E-state index in [2.05, 4.69) is 12.2 Å². The van der Waals surface area contributed by atoms with Crippen LogP contribution in [-0.4, -0.2) is 31.7 Å². The minimum Gasteiger partial charge on any atom is -0.348 e. The molecule has 2 aromatic rings. The van der Waals surface area contributed by atoms with Crippen LogP contribution < -0.4 is 5.32 Å². The fourth-order valence-corrected chi connectivity index (χ4v) is 4.51. The van der Waals surface area contributed by atoms with E-state index in [9.17, 15) is 17.6 Å². The van der Waals surface area contributed by atoms with E-state index in [0.29, 0.717) is 24.6 Å². The normalized spacial score (nSPS) is 16.2. The van der Waals surface area contributed by atoms with Gasteiger partial charge in [0.05, 0.1) is 4.90 Å². The number of hydrogen-bond acceptors (Lipinski definition) is 3. The van der Waals surface area contributed by atoms with Gasteiger partial charge >= 0.3 is 0 Å². The molecule has 3 rings (SSSR count). The van der Waals surface area contributed by atoms with E-state index in [4.69, 9.17) is 0 Å². The van der Waals surface area contributed by atoms with Gasteiger partial charge in [-0.2, -0.15) is 4.31 Å². The van der Waals surface area contributed by atoms with Gasteiger partial charge in [0.15, 0.2) is 0 Å². The molecular formula is C20H23FN2O3S. The van der Waals surface area contributed by atoms with Gasteiger partial charge in [-0.05, 0) is 60.7 Å². The van der Waals surface area contributed by atoms with E-state index < -0.39 is 10.0 Å². The molecule has 0 aliphatic carbocycles. The summed E-state index contributed by atoms with van der Waals surface area (Å²) in [6.45, 7) is 3.46. The van der Waals surface area contributed by atoms with Crippen LogP contribution in [0.15, 0.2) is 53.4 Å². The molecule has 0 bridgehead atoms. The van der Waals surface area contributed by atoms with Crippen molar-refractivity contribution in [2.45, 2.75) is 31.2 Å². The lowest BCUT2D eigenvalue weighted by Gasteiger charge is -2.29. The zero-order chi connectivity index (χ0) is 19.4. The summed E-state index contributed by atoms with van der Waals surface area (Å²) in [7, 11) is -3.52. The SMILES string of the molecule is CC1CCN(S(=O)(=O)c2ccc(C(=O)NCc3ccc(F)cc3)cc2)CC1. The Bertz CT molecular complexity index is 888. The first-order valence-electron chi connectivity index (χ1n) is 8.99. The second kappa shape index (κ2) is 8.19. The predicted molar refractivity (Wildman–Crippen MR) is 101 cm³/mol.